The Kier molecular flexibility index (Phi) is 11.3. The molecule has 1 aliphatic carbocycles. The lowest BCUT2D eigenvalue weighted by atomic mass is 9.89. The van der Waals surface area contributed by atoms with Gasteiger partial charge < -0.3 is 19.9 Å². The van der Waals surface area contributed by atoms with Gasteiger partial charge in [0.2, 0.25) is 5.91 Å². The third-order valence-electron chi connectivity index (χ3n) is 8.51. The van der Waals surface area contributed by atoms with Crippen LogP contribution >= 0.6 is 0 Å². The molecular formula is C34H51N3O3. The highest BCUT2D eigenvalue weighted by molar-refractivity contribution is 5.90. The number of nitrogens with zero attached hydrogens (tertiary/aromatic N) is 2. The summed E-state index contributed by atoms with van der Waals surface area (Å²) in [7, 11) is 0. The van der Waals surface area contributed by atoms with Gasteiger partial charge in [0.05, 0.1) is 6.42 Å². The first kappa shape index (κ1) is 30.4. The van der Waals surface area contributed by atoms with Gasteiger partial charge in [0.1, 0.15) is 5.60 Å². The normalized spacial score (nSPS) is 17.2. The maximum atomic E-state index is 13.2. The van der Waals surface area contributed by atoms with E-state index in [1.807, 2.05) is 48.8 Å². The molecule has 2 amide bonds. The minimum atomic E-state index is -0.506. The van der Waals surface area contributed by atoms with E-state index in [4.69, 9.17) is 4.74 Å². The second-order valence-electron chi connectivity index (χ2n) is 13.0. The van der Waals surface area contributed by atoms with E-state index in [1.165, 1.54) is 37.5 Å². The van der Waals surface area contributed by atoms with Crippen molar-refractivity contribution >= 4 is 22.8 Å². The molecule has 2 aromatic carbocycles. The van der Waals surface area contributed by atoms with Gasteiger partial charge in [-0.05, 0) is 101 Å². The number of rotatable bonds is 11. The molecular weight excluding hydrogens is 498 g/mol. The van der Waals surface area contributed by atoms with Crippen molar-refractivity contribution in [1.82, 2.24) is 15.1 Å². The predicted molar refractivity (Wildman–Crippen MR) is 163 cm³/mol. The second kappa shape index (κ2) is 14.9. The molecule has 220 valence electrons. The second-order valence-corrected chi connectivity index (χ2v) is 13.0. The summed E-state index contributed by atoms with van der Waals surface area (Å²) in [5, 5.41) is 5.98. The van der Waals surface area contributed by atoms with Gasteiger partial charge in [-0.15, -0.1) is 0 Å². The summed E-state index contributed by atoms with van der Waals surface area (Å²) < 4.78 is 5.77. The Balaban J connectivity index is 1.22. The van der Waals surface area contributed by atoms with E-state index in [0.29, 0.717) is 18.9 Å². The highest BCUT2D eigenvalue weighted by atomic mass is 16.6. The molecule has 1 aliphatic heterocycles. The number of piperidine rings is 1. The molecule has 40 heavy (non-hydrogen) atoms. The van der Waals surface area contributed by atoms with Crippen molar-refractivity contribution in [1.29, 1.82) is 0 Å². The fourth-order valence-corrected chi connectivity index (χ4v) is 6.23. The highest BCUT2D eigenvalue weighted by Crippen LogP contribution is 2.24. The molecule has 0 aromatic heterocycles. The van der Waals surface area contributed by atoms with E-state index in [2.05, 4.69) is 29.6 Å². The Bertz CT molecular complexity index is 1080. The lowest BCUT2D eigenvalue weighted by molar-refractivity contribution is -0.131. The van der Waals surface area contributed by atoms with Gasteiger partial charge in [0, 0.05) is 26.2 Å². The number of hydrogen-bond acceptors (Lipinski definition) is 4. The summed E-state index contributed by atoms with van der Waals surface area (Å²) in [4.78, 5) is 30.2. The predicted octanol–water partition coefficient (Wildman–Crippen LogP) is 6.81. The third kappa shape index (κ3) is 9.50. The molecule has 0 radical (unpaired) electrons. The third-order valence-corrected chi connectivity index (χ3v) is 8.51. The number of ether oxygens (including phenoxy) is 1. The molecule has 1 N–H and O–H groups in total. The molecule has 1 heterocycles. The highest BCUT2D eigenvalue weighted by Gasteiger charge is 2.28. The topological polar surface area (TPSA) is 61.9 Å². The van der Waals surface area contributed by atoms with Gasteiger partial charge in [-0.1, -0.05) is 61.7 Å². The van der Waals surface area contributed by atoms with Crippen LogP contribution in [0.1, 0.15) is 84.1 Å². The number of unbranched alkanes of at least 4 members (excludes halogenated alkanes) is 1. The van der Waals surface area contributed by atoms with Crippen LogP contribution in [0.25, 0.3) is 10.8 Å². The Hall–Kier alpha value is -2.60. The fraction of sp³-hybridized carbons (Fsp3) is 0.647. The molecule has 0 unspecified atom stereocenters. The summed E-state index contributed by atoms with van der Waals surface area (Å²) >= 11 is 0. The van der Waals surface area contributed by atoms with Crippen LogP contribution in [0, 0.1) is 11.8 Å². The molecule has 0 spiro atoms. The van der Waals surface area contributed by atoms with E-state index in [9.17, 15) is 9.59 Å². The van der Waals surface area contributed by atoms with Crippen LogP contribution in [0.15, 0.2) is 42.5 Å². The summed E-state index contributed by atoms with van der Waals surface area (Å²) in [5.41, 5.74) is 0.587. The molecule has 4 rings (SSSR count). The van der Waals surface area contributed by atoms with E-state index in [1.54, 1.807) is 0 Å². The summed E-state index contributed by atoms with van der Waals surface area (Å²) in [6, 6.07) is 14.5. The summed E-state index contributed by atoms with van der Waals surface area (Å²) in [6.45, 7) is 10.9. The first-order valence-electron chi connectivity index (χ1n) is 15.7. The first-order valence-corrected chi connectivity index (χ1v) is 15.7. The van der Waals surface area contributed by atoms with Crippen molar-refractivity contribution < 1.29 is 14.3 Å². The smallest absolute Gasteiger partial charge is 0.410 e. The SMILES string of the molecule is CC(C)(C)OC(=O)N(CCCCNCC1CCCCC1)CC1CCN(C(=O)Cc2cccc3ccccc23)CC1. The van der Waals surface area contributed by atoms with Gasteiger partial charge in [-0.2, -0.15) is 0 Å². The van der Waals surface area contributed by atoms with Crippen LogP contribution in [0.4, 0.5) is 4.79 Å². The zero-order valence-corrected chi connectivity index (χ0v) is 25.1. The molecule has 0 bridgehead atoms. The van der Waals surface area contributed by atoms with Gasteiger partial charge in [0.25, 0.3) is 0 Å². The number of carbonyl (C=O) groups is 2. The Morgan fingerprint density at radius 3 is 2.40 bits per heavy atom. The number of fused-ring (bicyclic) bond motifs is 1. The standard InChI is InChI=1S/C34H51N3O3/c1-34(2,3)40-33(39)37(21-10-9-20-35-25-27-12-5-4-6-13-27)26-28-18-22-36(23-19-28)32(38)24-30-16-11-15-29-14-7-8-17-31(29)30/h7-8,11,14-17,27-28,35H,4-6,9-10,12-13,18-26H2,1-3H3. The minimum absolute atomic E-state index is 0.194. The molecule has 2 aromatic rings. The lowest BCUT2D eigenvalue weighted by Gasteiger charge is -2.35. The number of amides is 2. The van der Waals surface area contributed by atoms with Crippen LogP contribution in [0.3, 0.4) is 0 Å². The summed E-state index contributed by atoms with van der Waals surface area (Å²) in [5.74, 6) is 1.43. The molecule has 6 nitrogen and oxygen atoms in total. The average molecular weight is 550 g/mol. The quantitative estimate of drug-likeness (QED) is 0.313. The van der Waals surface area contributed by atoms with Crippen molar-refractivity contribution in [2.75, 3.05) is 39.3 Å². The van der Waals surface area contributed by atoms with Crippen LogP contribution in [-0.4, -0.2) is 66.7 Å². The molecule has 1 saturated carbocycles. The van der Waals surface area contributed by atoms with Gasteiger partial charge in [0.15, 0.2) is 0 Å². The minimum Gasteiger partial charge on any atom is -0.444 e. The van der Waals surface area contributed by atoms with E-state index in [-0.39, 0.29) is 12.0 Å². The Morgan fingerprint density at radius 2 is 1.65 bits per heavy atom. The van der Waals surface area contributed by atoms with Crippen molar-refractivity contribution in [2.45, 2.75) is 90.6 Å². The lowest BCUT2D eigenvalue weighted by Crippen LogP contribution is -2.45. The average Bonchev–Trinajstić information content (AvgIpc) is 2.94. The van der Waals surface area contributed by atoms with E-state index >= 15 is 0 Å². The molecule has 6 heteroatoms. The molecule has 0 atom stereocenters. The van der Waals surface area contributed by atoms with Crippen molar-refractivity contribution in [2.24, 2.45) is 11.8 Å². The zero-order chi connectivity index (χ0) is 28.4. The first-order chi connectivity index (χ1) is 19.3. The van der Waals surface area contributed by atoms with Gasteiger partial charge in [-0.3, -0.25) is 4.79 Å². The van der Waals surface area contributed by atoms with Crippen LogP contribution in [-0.2, 0) is 16.0 Å². The van der Waals surface area contributed by atoms with E-state index in [0.717, 1.165) is 75.3 Å². The van der Waals surface area contributed by atoms with E-state index < -0.39 is 5.60 Å². The maximum Gasteiger partial charge on any atom is 0.410 e. The van der Waals surface area contributed by atoms with Crippen molar-refractivity contribution in [3.8, 4) is 0 Å². The molecule has 2 aliphatic rings. The largest absolute Gasteiger partial charge is 0.444 e. The Labute approximate surface area is 241 Å². The van der Waals surface area contributed by atoms with Crippen molar-refractivity contribution in [3.05, 3.63) is 48.0 Å². The number of carbonyl (C=O) groups excluding carboxylic acids is 2. The fourth-order valence-electron chi connectivity index (χ4n) is 6.23. The monoisotopic (exact) mass is 549 g/mol. The van der Waals surface area contributed by atoms with Crippen molar-refractivity contribution in [3.63, 3.8) is 0 Å². The van der Waals surface area contributed by atoms with Crippen LogP contribution in [0.5, 0.6) is 0 Å². The van der Waals surface area contributed by atoms with Gasteiger partial charge in [-0.25, -0.2) is 4.79 Å². The zero-order valence-electron chi connectivity index (χ0n) is 25.1. The number of likely N-dealkylation sites (tertiary alicyclic amines) is 1. The molecule has 2 fully saturated rings. The summed E-state index contributed by atoms with van der Waals surface area (Å²) in [6.07, 6.45) is 11.0. The number of benzene rings is 2. The van der Waals surface area contributed by atoms with Crippen LogP contribution in [0.2, 0.25) is 0 Å². The van der Waals surface area contributed by atoms with Gasteiger partial charge >= 0.3 is 6.09 Å². The maximum absolute atomic E-state index is 13.2. The number of nitrogens with one attached hydrogen (secondary N) is 1. The molecule has 1 saturated heterocycles. The number of hydrogen-bond donors (Lipinski definition) is 1. The Morgan fingerprint density at radius 1 is 0.925 bits per heavy atom. The van der Waals surface area contributed by atoms with Crippen LogP contribution < -0.4 is 5.32 Å².